The first-order chi connectivity index (χ1) is 11.9. The highest BCUT2D eigenvalue weighted by Gasteiger charge is 2.19. The van der Waals surface area contributed by atoms with Crippen molar-refractivity contribution in [2.75, 3.05) is 5.75 Å². The van der Waals surface area contributed by atoms with E-state index in [1.54, 1.807) is 18.4 Å². The van der Waals surface area contributed by atoms with E-state index in [1.807, 2.05) is 28.7 Å². The third-order valence-electron chi connectivity index (χ3n) is 4.02. The highest BCUT2D eigenvalue weighted by molar-refractivity contribution is 7.99. The van der Waals surface area contributed by atoms with Crippen LogP contribution in [0.1, 0.15) is 40.0 Å². The maximum atomic E-state index is 12.9. The molecule has 0 saturated carbocycles. The van der Waals surface area contributed by atoms with Crippen molar-refractivity contribution in [3.8, 4) is 0 Å². The van der Waals surface area contributed by atoms with Crippen LogP contribution in [0.3, 0.4) is 0 Å². The van der Waals surface area contributed by atoms with Gasteiger partial charge in [0.1, 0.15) is 0 Å². The summed E-state index contributed by atoms with van der Waals surface area (Å²) in [6, 6.07) is 7.54. The van der Waals surface area contributed by atoms with Crippen molar-refractivity contribution in [2.45, 2.75) is 57.3 Å². The molecule has 0 radical (unpaired) electrons. The van der Waals surface area contributed by atoms with Gasteiger partial charge in [0.15, 0.2) is 5.16 Å². The Hall–Kier alpha value is -1.86. The zero-order chi connectivity index (χ0) is 18.0. The minimum Gasteiger partial charge on any atom is -0.390 e. The molecule has 0 spiro atoms. The molecule has 0 saturated heterocycles. The first-order valence-corrected chi connectivity index (χ1v) is 9.63. The molecule has 1 aromatic carbocycles. The average Bonchev–Trinajstić information content (AvgIpc) is 2.99. The van der Waals surface area contributed by atoms with Crippen molar-refractivity contribution < 1.29 is 5.11 Å². The van der Waals surface area contributed by atoms with E-state index in [0.717, 1.165) is 24.8 Å². The van der Waals surface area contributed by atoms with E-state index in [9.17, 15) is 9.90 Å². The number of fused-ring (bicyclic) bond motifs is 3. The van der Waals surface area contributed by atoms with E-state index >= 15 is 0 Å². The number of hydrogen-bond acceptors (Lipinski definition) is 5. The molecule has 25 heavy (non-hydrogen) atoms. The van der Waals surface area contributed by atoms with Crippen molar-refractivity contribution >= 4 is 28.4 Å². The van der Waals surface area contributed by atoms with Crippen LogP contribution in [0, 0.1) is 0 Å². The Labute approximate surface area is 150 Å². The van der Waals surface area contributed by atoms with Crippen LogP contribution in [0.25, 0.3) is 16.7 Å². The van der Waals surface area contributed by atoms with E-state index < -0.39 is 5.60 Å². The molecule has 3 aromatic rings. The highest BCUT2D eigenvalue weighted by Crippen LogP contribution is 2.24. The molecule has 1 N–H and O–H groups in total. The fourth-order valence-corrected chi connectivity index (χ4v) is 3.68. The smallest absolute Gasteiger partial charge is 0.262 e. The summed E-state index contributed by atoms with van der Waals surface area (Å²) in [7, 11) is 0. The number of benzene rings is 1. The second-order valence-electron chi connectivity index (χ2n) is 6.90. The van der Waals surface area contributed by atoms with E-state index in [2.05, 4.69) is 17.1 Å². The van der Waals surface area contributed by atoms with Crippen LogP contribution in [0.5, 0.6) is 0 Å². The largest absolute Gasteiger partial charge is 0.390 e. The zero-order valence-corrected chi connectivity index (χ0v) is 15.7. The Bertz CT molecular complexity index is 940. The number of hydrogen-bond donors (Lipinski definition) is 1. The summed E-state index contributed by atoms with van der Waals surface area (Å²) in [4.78, 5) is 12.9. The molecule has 3 rings (SSSR count). The van der Waals surface area contributed by atoms with Crippen LogP contribution in [0.15, 0.2) is 34.2 Å². The topological polar surface area (TPSA) is 72.4 Å². The second-order valence-corrected chi connectivity index (χ2v) is 7.84. The minimum atomic E-state index is -0.804. The summed E-state index contributed by atoms with van der Waals surface area (Å²) < 4.78 is 3.65. The first kappa shape index (κ1) is 17.9. The van der Waals surface area contributed by atoms with Crippen LogP contribution in [-0.4, -0.2) is 35.6 Å². The Balaban J connectivity index is 2.17. The number of aromatic nitrogens is 4. The predicted octanol–water partition coefficient (Wildman–Crippen LogP) is 3.10. The first-order valence-electron chi connectivity index (χ1n) is 8.64. The van der Waals surface area contributed by atoms with Crippen molar-refractivity contribution in [3.63, 3.8) is 0 Å². The van der Waals surface area contributed by atoms with Gasteiger partial charge in [0.25, 0.3) is 5.56 Å². The second kappa shape index (κ2) is 7.17. The number of aryl methyl sites for hydroxylation is 1. The van der Waals surface area contributed by atoms with Gasteiger partial charge in [-0.25, -0.2) is 0 Å². The van der Waals surface area contributed by atoms with Crippen molar-refractivity contribution in [1.82, 2.24) is 19.2 Å². The number of rotatable bonds is 7. The zero-order valence-electron chi connectivity index (χ0n) is 14.9. The average molecular weight is 360 g/mol. The van der Waals surface area contributed by atoms with Crippen LogP contribution in [0.2, 0.25) is 0 Å². The number of thioether (sulfide) groups is 1. The van der Waals surface area contributed by atoms with Gasteiger partial charge in [-0.15, -0.1) is 10.2 Å². The molecule has 0 amide bonds. The van der Waals surface area contributed by atoms with Gasteiger partial charge >= 0.3 is 0 Å². The van der Waals surface area contributed by atoms with Crippen molar-refractivity contribution in [1.29, 1.82) is 0 Å². The van der Waals surface area contributed by atoms with Crippen molar-refractivity contribution in [3.05, 3.63) is 34.6 Å². The molecule has 0 aliphatic heterocycles. The summed E-state index contributed by atoms with van der Waals surface area (Å²) in [5, 5.41) is 19.9. The molecule has 0 fully saturated rings. The molecular weight excluding hydrogens is 336 g/mol. The molecule has 7 heteroatoms. The van der Waals surface area contributed by atoms with E-state index in [1.165, 1.54) is 11.8 Å². The third kappa shape index (κ3) is 3.72. The lowest BCUT2D eigenvalue weighted by molar-refractivity contribution is 0.107. The Kier molecular flexibility index (Phi) is 5.15. The molecule has 2 heterocycles. The van der Waals surface area contributed by atoms with Gasteiger partial charge < -0.3 is 5.11 Å². The van der Waals surface area contributed by atoms with Gasteiger partial charge in [0.05, 0.1) is 16.5 Å². The Morgan fingerprint density at radius 2 is 1.96 bits per heavy atom. The summed E-state index contributed by atoms with van der Waals surface area (Å²) in [6.45, 7) is 6.31. The third-order valence-corrected chi connectivity index (χ3v) is 5.39. The van der Waals surface area contributed by atoms with Crippen LogP contribution < -0.4 is 5.56 Å². The predicted molar refractivity (Wildman–Crippen MR) is 101 cm³/mol. The lowest BCUT2D eigenvalue weighted by Crippen LogP contribution is -2.24. The SMILES string of the molecule is CCCCCn1c(=O)c2ccccc2n2c(SCC(C)(C)O)nnc12. The lowest BCUT2D eigenvalue weighted by Gasteiger charge is -2.16. The van der Waals surface area contributed by atoms with Gasteiger partial charge in [-0.3, -0.25) is 13.8 Å². The highest BCUT2D eigenvalue weighted by atomic mass is 32.2. The van der Waals surface area contributed by atoms with Crippen LogP contribution >= 0.6 is 11.8 Å². The van der Waals surface area contributed by atoms with E-state index in [4.69, 9.17) is 0 Å². The summed E-state index contributed by atoms with van der Waals surface area (Å²) >= 11 is 1.45. The quantitative estimate of drug-likeness (QED) is 0.518. The summed E-state index contributed by atoms with van der Waals surface area (Å²) in [5.74, 6) is 1.06. The van der Waals surface area contributed by atoms with E-state index in [0.29, 0.717) is 28.6 Å². The lowest BCUT2D eigenvalue weighted by atomic mass is 10.2. The fourth-order valence-electron chi connectivity index (χ4n) is 2.79. The Morgan fingerprint density at radius 3 is 2.68 bits per heavy atom. The summed E-state index contributed by atoms with van der Waals surface area (Å²) in [6.07, 6.45) is 3.10. The molecule has 134 valence electrons. The number of aliphatic hydroxyl groups is 1. The Morgan fingerprint density at radius 1 is 1.20 bits per heavy atom. The molecule has 0 atom stereocenters. The van der Waals surface area contributed by atoms with Gasteiger partial charge in [0, 0.05) is 12.3 Å². The van der Waals surface area contributed by atoms with Gasteiger partial charge in [-0.05, 0) is 32.4 Å². The molecular formula is C18H24N4O2S. The maximum absolute atomic E-state index is 12.9. The van der Waals surface area contributed by atoms with Crippen LogP contribution in [-0.2, 0) is 6.54 Å². The van der Waals surface area contributed by atoms with Crippen molar-refractivity contribution in [2.24, 2.45) is 0 Å². The molecule has 2 aromatic heterocycles. The fraction of sp³-hybridized carbons (Fsp3) is 0.500. The number of para-hydroxylation sites is 1. The number of nitrogens with zero attached hydrogens (tertiary/aromatic N) is 4. The molecule has 0 bridgehead atoms. The molecule has 0 aliphatic carbocycles. The van der Waals surface area contributed by atoms with Gasteiger partial charge in [-0.1, -0.05) is 43.7 Å². The summed E-state index contributed by atoms with van der Waals surface area (Å²) in [5.41, 5.74) is -0.0230. The molecule has 6 nitrogen and oxygen atoms in total. The minimum absolute atomic E-state index is 0.0226. The van der Waals surface area contributed by atoms with Gasteiger partial charge in [0.2, 0.25) is 5.78 Å². The molecule has 0 unspecified atom stereocenters. The molecule has 0 aliphatic rings. The number of unbranched alkanes of at least 4 members (excludes halogenated alkanes) is 2. The van der Waals surface area contributed by atoms with E-state index in [-0.39, 0.29) is 5.56 Å². The van der Waals surface area contributed by atoms with Crippen LogP contribution in [0.4, 0.5) is 0 Å². The standard InChI is InChI=1S/C18H24N4O2S/c1-4-5-8-11-21-15(23)13-9-6-7-10-14(13)22-16(21)19-20-17(22)25-12-18(2,3)24/h6-7,9-10,24H,4-5,8,11-12H2,1-3H3. The van der Waals surface area contributed by atoms with Gasteiger partial charge in [-0.2, -0.15) is 0 Å². The monoisotopic (exact) mass is 360 g/mol. The normalized spacial score (nSPS) is 12.3. The maximum Gasteiger partial charge on any atom is 0.262 e.